The Hall–Kier alpha value is -1.19. The van der Waals surface area contributed by atoms with E-state index in [2.05, 4.69) is 6.58 Å². The minimum absolute atomic E-state index is 0.0308. The van der Waals surface area contributed by atoms with Crippen molar-refractivity contribution >= 4 is 29.1 Å². The minimum atomic E-state index is 0.0308. The third-order valence-electron chi connectivity index (χ3n) is 3.67. The van der Waals surface area contributed by atoms with Crippen LogP contribution in [0.15, 0.2) is 36.6 Å². The number of amides is 1. The summed E-state index contributed by atoms with van der Waals surface area (Å²) in [5.74, 6) is 1.58. The lowest BCUT2D eigenvalue weighted by atomic mass is 9.95. The smallest absolute Gasteiger partial charge is 0.253 e. The van der Waals surface area contributed by atoms with Crippen molar-refractivity contribution in [2.75, 3.05) is 25.6 Å². The molecule has 5 heteroatoms. The number of likely N-dealkylation sites (tertiary alicyclic amines) is 1. The van der Waals surface area contributed by atoms with E-state index in [1.54, 1.807) is 24.3 Å². The lowest BCUT2D eigenvalue weighted by Crippen LogP contribution is -2.39. The standard InChI is InChI=1S/C16H19Cl2NO2/c1-12(21-10-7-17)13-5-8-19(9-6-13)16(20)14-3-2-4-15(18)11-14/h2-4,11,13H,1,5-10H2. The number of halogens is 2. The van der Waals surface area contributed by atoms with Gasteiger partial charge in [-0.25, -0.2) is 0 Å². The molecule has 0 saturated carbocycles. The summed E-state index contributed by atoms with van der Waals surface area (Å²) in [6.45, 7) is 5.86. The normalized spacial score (nSPS) is 15.8. The molecule has 1 amide bonds. The third kappa shape index (κ3) is 4.39. The highest BCUT2D eigenvalue weighted by Gasteiger charge is 2.25. The second kappa shape index (κ2) is 7.71. The maximum atomic E-state index is 12.4. The zero-order valence-electron chi connectivity index (χ0n) is 11.9. The summed E-state index contributed by atoms with van der Waals surface area (Å²) in [7, 11) is 0. The lowest BCUT2D eigenvalue weighted by molar-refractivity contribution is 0.0669. The molecule has 3 nitrogen and oxygen atoms in total. The highest BCUT2D eigenvalue weighted by atomic mass is 35.5. The van der Waals surface area contributed by atoms with Crippen molar-refractivity contribution < 1.29 is 9.53 Å². The molecule has 0 spiro atoms. The first-order valence-corrected chi connectivity index (χ1v) is 7.95. The summed E-state index contributed by atoms with van der Waals surface area (Å²) in [6.07, 6.45) is 1.74. The fraction of sp³-hybridized carbons (Fsp3) is 0.438. The maximum absolute atomic E-state index is 12.4. The molecule has 2 rings (SSSR count). The van der Waals surface area contributed by atoms with Gasteiger partial charge in [-0.15, -0.1) is 11.6 Å². The van der Waals surface area contributed by atoms with Crippen molar-refractivity contribution in [1.82, 2.24) is 4.90 Å². The van der Waals surface area contributed by atoms with Gasteiger partial charge in [0.05, 0.1) is 11.6 Å². The molecule has 0 atom stereocenters. The Bertz CT molecular complexity index is 511. The van der Waals surface area contributed by atoms with Crippen LogP contribution in [-0.2, 0) is 4.74 Å². The van der Waals surface area contributed by atoms with Crippen molar-refractivity contribution in [3.8, 4) is 0 Å². The second-order valence-corrected chi connectivity index (χ2v) is 5.89. The van der Waals surface area contributed by atoms with E-state index in [-0.39, 0.29) is 5.91 Å². The number of allylic oxidation sites excluding steroid dienone is 1. The Labute approximate surface area is 135 Å². The zero-order valence-corrected chi connectivity index (χ0v) is 13.4. The third-order valence-corrected chi connectivity index (χ3v) is 4.06. The van der Waals surface area contributed by atoms with Gasteiger partial charge in [0.25, 0.3) is 5.91 Å². The topological polar surface area (TPSA) is 29.5 Å². The van der Waals surface area contributed by atoms with Gasteiger partial charge in [-0.1, -0.05) is 24.2 Å². The van der Waals surface area contributed by atoms with Crippen LogP contribution in [0.25, 0.3) is 0 Å². The van der Waals surface area contributed by atoms with Crippen molar-refractivity contribution in [2.24, 2.45) is 5.92 Å². The van der Waals surface area contributed by atoms with Gasteiger partial charge >= 0.3 is 0 Å². The van der Waals surface area contributed by atoms with Crippen molar-refractivity contribution in [2.45, 2.75) is 12.8 Å². The van der Waals surface area contributed by atoms with E-state index in [1.165, 1.54) is 0 Å². The average molecular weight is 328 g/mol. The number of hydrogen-bond acceptors (Lipinski definition) is 2. The number of piperidine rings is 1. The van der Waals surface area contributed by atoms with Crippen LogP contribution >= 0.6 is 23.2 Å². The number of nitrogens with zero attached hydrogens (tertiary/aromatic N) is 1. The van der Waals surface area contributed by atoms with E-state index in [0.717, 1.165) is 18.6 Å². The van der Waals surface area contributed by atoms with Crippen LogP contribution in [0, 0.1) is 5.92 Å². The summed E-state index contributed by atoms with van der Waals surface area (Å²) in [5, 5.41) is 0.582. The number of rotatable bonds is 5. The average Bonchev–Trinajstić information content (AvgIpc) is 2.52. The van der Waals surface area contributed by atoms with Gasteiger partial charge in [0.15, 0.2) is 0 Å². The predicted molar refractivity (Wildman–Crippen MR) is 85.9 cm³/mol. The predicted octanol–water partition coefficient (Wildman–Crippen LogP) is 3.96. The Morgan fingerprint density at radius 3 is 2.71 bits per heavy atom. The SMILES string of the molecule is C=C(OCCCl)C1CCN(C(=O)c2cccc(Cl)c2)CC1. The van der Waals surface area contributed by atoms with Crippen LogP contribution in [0.4, 0.5) is 0 Å². The van der Waals surface area contributed by atoms with E-state index in [0.29, 0.717) is 42.1 Å². The zero-order chi connectivity index (χ0) is 15.2. The Balaban J connectivity index is 1.89. The van der Waals surface area contributed by atoms with E-state index < -0.39 is 0 Å². The van der Waals surface area contributed by atoms with Gasteiger partial charge in [0.2, 0.25) is 0 Å². The highest BCUT2D eigenvalue weighted by molar-refractivity contribution is 6.30. The molecular formula is C16H19Cl2NO2. The molecule has 0 radical (unpaired) electrons. The quantitative estimate of drug-likeness (QED) is 0.605. The molecule has 0 N–H and O–H groups in total. The summed E-state index contributed by atoms with van der Waals surface area (Å²) in [5.41, 5.74) is 0.637. The molecule has 21 heavy (non-hydrogen) atoms. The van der Waals surface area contributed by atoms with Gasteiger partial charge in [-0.2, -0.15) is 0 Å². The van der Waals surface area contributed by atoms with Crippen molar-refractivity contribution in [1.29, 1.82) is 0 Å². The van der Waals surface area contributed by atoms with E-state index in [9.17, 15) is 4.79 Å². The second-order valence-electron chi connectivity index (χ2n) is 5.08. The summed E-state index contributed by atoms with van der Waals surface area (Å²) in [4.78, 5) is 14.3. The first kappa shape index (κ1) is 16.2. The van der Waals surface area contributed by atoms with Crippen LogP contribution in [0.5, 0.6) is 0 Å². The maximum Gasteiger partial charge on any atom is 0.253 e. The Kier molecular flexibility index (Phi) is 5.95. The monoisotopic (exact) mass is 327 g/mol. The summed E-state index contributed by atoms with van der Waals surface area (Å²) in [6, 6.07) is 7.06. The van der Waals surface area contributed by atoms with E-state index in [1.807, 2.05) is 4.90 Å². The molecule has 0 aliphatic carbocycles. The largest absolute Gasteiger partial charge is 0.497 e. The van der Waals surface area contributed by atoms with Gasteiger partial charge in [-0.05, 0) is 31.0 Å². The molecule has 1 aliphatic heterocycles. The van der Waals surface area contributed by atoms with E-state index >= 15 is 0 Å². The number of benzene rings is 1. The number of alkyl halides is 1. The van der Waals surface area contributed by atoms with Gasteiger partial charge in [-0.3, -0.25) is 4.79 Å². The summed E-state index contributed by atoms with van der Waals surface area (Å²) >= 11 is 11.5. The number of carbonyl (C=O) groups is 1. The minimum Gasteiger partial charge on any atom is -0.497 e. The van der Waals surface area contributed by atoms with Crippen LogP contribution in [0.2, 0.25) is 5.02 Å². The first-order valence-electron chi connectivity index (χ1n) is 7.04. The number of ether oxygens (including phenoxy) is 1. The summed E-state index contributed by atoms with van der Waals surface area (Å²) < 4.78 is 5.48. The molecule has 1 saturated heterocycles. The van der Waals surface area contributed by atoms with E-state index in [4.69, 9.17) is 27.9 Å². The molecule has 1 aromatic carbocycles. The van der Waals surface area contributed by atoms with Crippen LogP contribution in [-0.4, -0.2) is 36.4 Å². The van der Waals surface area contributed by atoms with Gasteiger partial charge < -0.3 is 9.64 Å². The fourth-order valence-corrected chi connectivity index (χ4v) is 2.76. The molecule has 0 bridgehead atoms. The molecule has 1 heterocycles. The van der Waals surface area contributed by atoms with Crippen molar-refractivity contribution in [3.05, 3.63) is 47.2 Å². The van der Waals surface area contributed by atoms with Crippen LogP contribution in [0.3, 0.4) is 0 Å². The molecule has 1 fully saturated rings. The van der Waals surface area contributed by atoms with Crippen molar-refractivity contribution in [3.63, 3.8) is 0 Å². The fourth-order valence-electron chi connectivity index (χ4n) is 2.50. The molecular weight excluding hydrogens is 309 g/mol. The first-order chi connectivity index (χ1) is 10.1. The Morgan fingerprint density at radius 1 is 1.38 bits per heavy atom. The molecule has 0 aromatic heterocycles. The number of carbonyl (C=O) groups excluding carboxylic acids is 1. The lowest BCUT2D eigenvalue weighted by Gasteiger charge is -2.32. The molecule has 1 aliphatic rings. The molecule has 114 valence electrons. The number of hydrogen-bond donors (Lipinski definition) is 0. The molecule has 0 unspecified atom stereocenters. The van der Waals surface area contributed by atoms with Gasteiger partial charge in [0, 0.05) is 29.6 Å². The van der Waals surface area contributed by atoms with Gasteiger partial charge in [0.1, 0.15) is 6.61 Å². The highest BCUT2D eigenvalue weighted by Crippen LogP contribution is 2.25. The van der Waals surface area contributed by atoms with Crippen LogP contribution in [0.1, 0.15) is 23.2 Å². The Morgan fingerprint density at radius 2 is 2.10 bits per heavy atom. The van der Waals surface area contributed by atoms with Crippen LogP contribution < -0.4 is 0 Å². The molecule has 1 aromatic rings.